The maximum atomic E-state index is 13.8. The van der Waals surface area contributed by atoms with Gasteiger partial charge in [0, 0.05) is 25.3 Å². The van der Waals surface area contributed by atoms with Crippen molar-refractivity contribution in [2.45, 2.75) is 6.92 Å². The van der Waals surface area contributed by atoms with Gasteiger partial charge in [-0.1, -0.05) is 0 Å². The fourth-order valence-electron chi connectivity index (χ4n) is 1.91. The van der Waals surface area contributed by atoms with E-state index in [2.05, 4.69) is 4.98 Å². The van der Waals surface area contributed by atoms with Crippen LogP contribution in [0, 0.1) is 15.9 Å². The smallest absolute Gasteiger partial charge is 0.274 e. The lowest BCUT2D eigenvalue weighted by molar-refractivity contribution is -0.384. The summed E-state index contributed by atoms with van der Waals surface area (Å²) in [6.07, 6.45) is 1.21. The molecule has 22 heavy (non-hydrogen) atoms. The minimum Gasteiger partial charge on any atom is -0.494 e. The summed E-state index contributed by atoms with van der Waals surface area (Å²) in [4.78, 5) is 27.1. The van der Waals surface area contributed by atoms with Crippen molar-refractivity contribution in [1.82, 2.24) is 4.98 Å². The maximum Gasteiger partial charge on any atom is 0.274 e. The molecule has 2 aromatic rings. The van der Waals surface area contributed by atoms with Gasteiger partial charge in [-0.3, -0.25) is 19.8 Å². The molecule has 0 bridgehead atoms. The van der Waals surface area contributed by atoms with Crippen LogP contribution >= 0.6 is 0 Å². The highest BCUT2D eigenvalue weighted by atomic mass is 19.1. The summed E-state index contributed by atoms with van der Waals surface area (Å²) in [5, 5.41) is 10.8. The molecule has 0 spiro atoms. The second-order valence-corrected chi connectivity index (χ2v) is 4.30. The largest absolute Gasteiger partial charge is 0.494 e. The Balaban J connectivity index is 2.51. The lowest BCUT2D eigenvalue weighted by Gasteiger charge is -2.20. The van der Waals surface area contributed by atoms with Gasteiger partial charge >= 0.3 is 0 Å². The normalized spacial score (nSPS) is 10.1. The SMILES string of the molecule is COc1ccc(N(C(C)=O)c2cc([N+](=O)[O-])ccn2)cc1F. The van der Waals surface area contributed by atoms with Gasteiger partial charge in [0.05, 0.1) is 23.8 Å². The Hall–Kier alpha value is -3.03. The monoisotopic (exact) mass is 305 g/mol. The average molecular weight is 305 g/mol. The predicted molar refractivity (Wildman–Crippen MR) is 76.7 cm³/mol. The minimum atomic E-state index is -0.656. The molecule has 8 heteroatoms. The lowest BCUT2D eigenvalue weighted by atomic mass is 10.2. The third-order valence-corrected chi connectivity index (χ3v) is 2.88. The molecule has 114 valence electrons. The number of nitro groups is 1. The second kappa shape index (κ2) is 6.17. The first-order chi connectivity index (χ1) is 10.4. The number of ether oxygens (including phenoxy) is 1. The maximum absolute atomic E-state index is 13.8. The Morgan fingerprint density at radius 2 is 2.09 bits per heavy atom. The summed E-state index contributed by atoms with van der Waals surface area (Å²) < 4.78 is 18.6. The van der Waals surface area contributed by atoms with Crippen molar-refractivity contribution in [3.05, 3.63) is 52.5 Å². The first kappa shape index (κ1) is 15.4. The Labute approximate surface area is 125 Å². The van der Waals surface area contributed by atoms with Crippen LogP contribution < -0.4 is 9.64 Å². The van der Waals surface area contributed by atoms with Crippen molar-refractivity contribution in [3.63, 3.8) is 0 Å². The summed E-state index contributed by atoms with van der Waals surface area (Å²) in [6.45, 7) is 1.25. The number of carbonyl (C=O) groups is 1. The molecule has 0 unspecified atom stereocenters. The molecule has 0 N–H and O–H groups in total. The molecule has 1 aromatic heterocycles. The van der Waals surface area contributed by atoms with Gasteiger partial charge in [0.2, 0.25) is 5.91 Å². The van der Waals surface area contributed by atoms with Crippen LogP contribution in [-0.2, 0) is 4.79 Å². The Morgan fingerprint density at radius 1 is 1.36 bits per heavy atom. The number of hydrogen-bond acceptors (Lipinski definition) is 5. The van der Waals surface area contributed by atoms with Crippen LogP contribution in [0.2, 0.25) is 0 Å². The second-order valence-electron chi connectivity index (χ2n) is 4.30. The summed E-state index contributed by atoms with van der Waals surface area (Å²) in [6, 6.07) is 6.27. The number of halogens is 1. The highest BCUT2D eigenvalue weighted by molar-refractivity contribution is 5.98. The van der Waals surface area contributed by atoms with Crippen LogP contribution in [0.3, 0.4) is 0 Å². The van der Waals surface area contributed by atoms with Crippen LogP contribution in [0.25, 0.3) is 0 Å². The number of amides is 1. The summed E-state index contributed by atoms with van der Waals surface area (Å²) in [7, 11) is 1.32. The molecule has 0 radical (unpaired) electrons. The standard InChI is InChI=1S/C14H12FN3O4/c1-9(19)17(10-3-4-13(22-2)12(15)7-10)14-8-11(18(20)21)5-6-16-14/h3-8H,1-2H3. The van der Waals surface area contributed by atoms with E-state index in [9.17, 15) is 19.3 Å². The van der Waals surface area contributed by atoms with Gasteiger partial charge in [0.15, 0.2) is 11.6 Å². The predicted octanol–water partition coefficient (Wildman–Crippen LogP) is 2.82. The molecule has 0 atom stereocenters. The van der Waals surface area contributed by atoms with E-state index in [1.54, 1.807) is 0 Å². The zero-order valence-electron chi connectivity index (χ0n) is 11.8. The number of anilines is 2. The molecule has 0 fully saturated rings. The zero-order chi connectivity index (χ0) is 16.3. The molecule has 0 aliphatic carbocycles. The molecule has 1 aromatic carbocycles. The first-order valence-electron chi connectivity index (χ1n) is 6.18. The van der Waals surface area contributed by atoms with Crippen LogP contribution in [0.1, 0.15) is 6.92 Å². The van der Waals surface area contributed by atoms with Crippen molar-refractivity contribution in [2.24, 2.45) is 0 Å². The highest BCUT2D eigenvalue weighted by Gasteiger charge is 2.19. The summed E-state index contributed by atoms with van der Waals surface area (Å²) in [5.41, 5.74) is -0.0240. The number of rotatable bonds is 4. The molecular weight excluding hydrogens is 293 g/mol. The van der Waals surface area contributed by atoms with E-state index >= 15 is 0 Å². The van der Waals surface area contributed by atoms with Crippen LogP contribution in [0.4, 0.5) is 21.6 Å². The van der Waals surface area contributed by atoms with E-state index in [1.165, 1.54) is 38.4 Å². The quantitative estimate of drug-likeness (QED) is 0.640. The van der Waals surface area contributed by atoms with E-state index in [1.807, 2.05) is 0 Å². The summed E-state index contributed by atoms with van der Waals surface area (Å²) in [5.74, 6) is -1.06. The molecule has 1 heterocycles. The van der Waals surface area contributed by atoms with Gasteiger partial charge in [-0.05, 0) is 12.1 Å². The average Bonchev–Trinajstić information content (AvgIpc) is 2.47. The molecule has 0 aliphatic rings. The lowest BCUT2D eigenvalue weighted by Crippen LogP contribution is -2.24. The van der Waals surface area contributed by atoms with Gasteiger partial charge in [0.25, 0.3) is 5.69 Å². The van der Waals surface area contributed by atoms with E-state index in [0.29, 0.717) is 0 Å². The number of benzene rings is 1. The molecule has 0 aliphatic heterocycles. The topological polar surface area (TPSA) is 85.6 Å². The van der Waals surface area contributed by atoms with Gasteiger partial charge in [-0.15, -0.1) is 0 Å². The van der Waals surface area contributed by atoms with E-state index in [0.717, 1.165) is 17.0 Å². The van der Waals surface area contributed by atoms with Gasteiger partial charge in [0.1, 0.15) is 5.82 Å². The van der Waals surface area contributed by atoms with Crippen molar-refractivity contribution in [3.8, 4) is 5.75 Å². The number of methoxy groups -OCH3 is 1. The van der Waals surface area contributed by atoms with E-state index in [4.69, 9.17) is 4.74 Å². The van der Waals surface area contributed by atoms with Crippen LogP contribution in [0.5, 0.6) is 5.75 Å². The third kappa shape index (κ3) is 3.00. The van der Waals surface area contributed by atoms with Gasteiger partial charge in [-0.2, -0.15) is 0 Å². The van der Waals surface area contributed by atoms with Gasteiger partial charge in [-0.25, -0.2) is 9.37 Å². The molecule has 1 amide bonds. The van der Waals surface area contributed by atoms with Gasteiger partial charge < -0.3 is 4.74 Å². The fraction of sp³-hybridized carbons (Fsp3) is 0.143. The van der Waals surface area contributed by atoms with E-state index < -0.39 is 16.6 Å². The van der Waals surface area contributed by atoms with Crippen LogP contribution in [0.15, 0.2) is 36.5 Å². The van der Waals surface area contributed by atoms with Crippen molar-refractivity contribution in [2.75, 3.05) is 12.0 Å². The Bertz CT molecular complexity index is 736. The summed E-state index contributed by atoms with van der Waals surface area (Å²) >= 11 is 0. The minimum absolute atomic E-state index is 0.0271. The van der Waals surface area contributed by atoms with Crippen molar-refractivity contribution in [1.29, 1.82) is 0 Å². The number of nitrogens with zero attached hydrogens (tertiary/aromatic N) is 3. The molecule has 0 saturated carbocycles. The van der Waals surface area contributed by atoms with E-state index in [-0.39, 0.29) is 22.9 Å². The van der Waals surface area contributed by atoms with Crippen molar-refractivity contribution >= 4 is 23.1 Å². The fourth-order valence-corrected chi connectivity index (χ4v) is 1.91. The number of carbonyl (C=O) groups excluding carboxylic acids is 1. The number of hydrogen-bond donors (Lipinski definition) is 0. The van der Waals surface area contributed by atoms with Crippen molar-refractivity contribution < 1.29 is 18.8 Å². The molecular formula is C14H12FN3O4. The molecule has 7 nitrogen and oxygen atoms in total. The highest BCUT2D eigenvalue weighted by Crippen LogP contribution is 2.29. The Kier molecular flexibility index (Phi) is 4.31. The first-order valence-corrected chi connectivity index (χ1v) is 6.18. The third-order valence-electron chi connectivity index (χ3n) is 2.88. The number of pyridine rings is 1. The molecule has 0 saturated heterocycles. The zero-order valence-corrected chi connectivity index (χ0v) is 11.8. The van der Waals surface area contributed by atoms with Crippen LogP contribution in [-0.4, -0.2) is 22.9 Å². The Morgan fingerprint density at radius 3 is 2.64 bits per heavy atom. The number of aromatic nitrogens is 1. The molecule has 2 rings (SSSR count).